The van der Waals surface area contributed by atoms with E-state index in [0.717, 1.165) is 13.1 Å². The first-order valence-electron chi connectivity index (χ1n) is 5.27. The molecule has 0 saturated heterocycles. The fourth-order valence-electron chi connectivity index (χ4n) is 1.23. The molecule has 1 heteroatoms. The van der Waals surface area contributed by atoms with E-state index in [1.165, 1.54) is 17.5 Å². The number of rotatable bonds is 5. The van der Waals surface area contributed by atoms with Crippen molar-refractivity contribution in [3.63, 3.8) is 0 Å². The Morgan fingerprint density at radius 2 is 1.93 bits per heavy atom. The van der Waals surface area contributed by atoms with Crippen LogP contribution in [0.15, 0.2) is 30.3 Å². The molecule has 0 aliphatic rings. The van der Waals surface area contributed by atoms with Gasteiger partial charge in [-0.15, -0.1) is 0 Å². The maximum absolute atomic E-state index is 3.33. The van der Waals surface area contributed by atoms with Crippen molar-refractivity contribution in [2.45, 2.75) is 20.3 Å². The molecule has 1 rings (SSSR count). The second kappa shape index (κ2) is 6.39. The Morgan fingerprint density at radius 3 is 2.57 bits per heavy atom. The zero-order valence-corrected chi connectivity index (χ0v) is 9.09. The van der Waals surface area contributed by atoms with Gasteiger partial charge in [0.15, 0.2) is 0 Å². The summed E-state index contributed by atoms with van der Waals surface area (Å²) in [6, 6.07) is 8.57. The van der Waals surface area contributed by atoms with Crippen molar-refractivity contribution in [1.82, 2.24) is 5.32 Å². The van der Waals surface area contributed by atoms with Crippen molar-refractivity contribution in [2.24, 2.45) is 0 Å². The standard InChI is InChI=1S/C13H19N/c1-3-10-14-11-4-5-13-8-6-12(2)7-9-13/h4-9,14H,3,10-11H2,1-2H3. The summed E-state index contributed by atoms with van der Waals surface area (Å²) in [5.74, 6) is 0. The Bertz CT molecular complexity index is 272. The zero-order valence-electron chi connectivity index (χ0n) is 9.09. The van der Waals surface area contributed by atoms with Crippen LogP contribution in [0.25, 0.3) is 6.08 Å². The fraction of sp³-hybridized carbons (Fsp3) is 0.385. The lowest BCUT2D eigenvalue weighted by molar-refractivity contribution is 0.730. The van der Waals surface area contributed by atoms with Crippen LogP contribution in [0, 0.1) is 6.92 Å². The summed E-state index contributed by atoms with van der Waals surface area (Å²) >= 11 is 0. The first-order valence-corrected chi connectivity index (χ1v) is 5.27. The second-order valence-electron chi connectivity index (χ2n) is 3.52. The third-order valence-corrected chi connectivity index (χ3v) is 2.08. The molecular formula is C13H19N. The Balaban J connectivity index is 2.33. The third-order valence-electron chi connectivity index (χ3n) is 2.08. The molecule has 1 N–H and O–H groups in total. The van der Waals surface area contributed by atoms with Gasteiger partial charge in [-0.3, -0.25) is 0 Å². The second-order valence-corrected chi connectivity index (χ2v) is 3.52. The number of benzene rings is 1. The van der Waals surface area contributed by atoms with E-state index in [1.807, 2.05) is 0 Å². The van der Waals surface area contributed by atoms with Crippen LogP contribution < -0.4 is 5.32 Å². The van der Waals surface area contributed by atoms with Gasteiger partial charge in [-0.25, -0.2) is 0 Å². The first kappa shape index (κ1) is 11.0. The van der Waals surface area contributed by atoms with Gasteiger partial charge in [-0.1, -0.05) is 48.9 Å². The maximum Gasteiger partial charge on any atom is 0.0138 e. The number of hydrogen-bond donors (Lipinski definition) is 1. The average molecular weight is 189 g/mol. The van der Waals surface area contributed by atoms with Crippen LogP contribution in [0.2, 0.25) is 0 Å². The van der Waals surface area contributed by atoms with Crippen LogP contribution in [0.4, 0.5) is 0 Å². The van der Waals surface area contributed by atoms with Crippen molar-refractivity contribution in [3.8, 4) is 0 Å². The quantitative estimate of drug-likeness (QED) is 0.702. The highest BCUT2D eigenvalue weighted by molar-refractivity contribution is 5.49. The van der Waals surface area contributed by atoms with Gasteiger partial charge in [0.05, 0.1) is 0 Å². The van der Waals surface area contributed by atoms with E-state index >= 15 is 0 Å². The molecule has 0 fully saturated rings. The molecule has 1 aromatic rings. The van der Waals surface area contributed by atoms with Crippen molar-refractivity contribution in [1.29, 1.82) is 0 Å². The molecule has 1 aromatic carbocycles. The smallest absolute Gasteiger partial charge is 0.0138 e. The highest BCUT2D eigenvalue weighted by Crippen LogP contribution is 2.04. The van der Waals surface area contributed by atoms with Gasteiger partial charge in [-0.05, 0) is 25.5 Å². The van der Waals surface area contributed by atoms with Gasteiger partial charge in [0, 0.05) is 6.54 Å². The van der Waals surface area contributed by atoms with Gasteiger partial charge in [0.25, 0.3) is 0 Å². The van der Waals surface area contributed by atoms with Crippen molar-refractivity contribution >= 4 is 6.08 Å². The molecule has 76 valence electrons. The van der Waals surface area contributed by atoms with Crippen LogP contribution in [-0.4, -0.2) is 13.1 Å². The monoisotopic (exact) mass is 189 g/mol. The number of nitrogens with one attached hydrogen (secondary N) is 1. The number of aryl methyl sites for hydroxylation is 1. The summed E-state index contributed by atoms with van der Waals surface area (Å²) in [5, 5.41) is 3.33. The molecule has 1 nitrogen and oxygen atoms in total. The molecule has 0 aliphatic heterocycles. The first-order chi connectivity index (χ1) is 6.83. The summed E-state index contributed by atoms with van der Waals surface area (Å²) in [6.07, 6.45) is 5.51. The summed E-state index contributed by atoms with van der Waals surface area (Å²) < 4.78 is 0. The Morgan fingerprint density at radius 1 is 1.21 bits per heavy atom. The summed E-state index contributed by atoms with van der Waals surface area (Å²) in [7, 11) is 0. The van der Waals surface area contributed by atoms with Gasteiger partial charge >= 0.3 is 0 Å². The topological polar surface area (TPSA) is 12.0 Å². The molecule has 0 atom stereocenters. The van der Waals surface area contributed by atoms with Crippen LogP contribution >= 0.6 is 0 Å². The Labute approximate surface area is 86.8 Å². The largest absolute Gasteiger partial charge is 0.313 e. The molecule has 0 heterocycles. The maximum atomic E-state index is 3.33. The van der Waals surface area contributed by atoms with E-state index in [1.54, 1.807) is 0 Å². The predicted molar refractivity (Wildman–Crippen MR) is 63.4 cm³/mol. The molecule has 0 radical (unpaired) electrons. The Hall–Kier alpha value is -1.08. The lowest BCUT2D eigenvalue weighted by atomic mass is 10.1. The molecular weight excluding hydrogens is 170 g/mol. The summed E-state index contributed by atoms with van der Waals surface area (Å²) in [5.41, 5.74) is 2.58. The lowest BCUT2D eigenvalue weighted by Gasteiger charge is -1.97. The highest BCUT2D eigenvalue weighted by atomic mass is 14.8. The van der Waals surface area contributed by atoms with E-state index in [0.29, 0.717) is 0 Å². The van der Waals surface area contributed by atoms with Crippen molar-refractivity contribution in [3.05, 3.63) is 41.5 Å². The molecule has 0 amide bonds. The van der Waals surface area contributed by atoms with E-state index in [4.69, 9.17) is 0 Å². The van der Waals surface area contributed by atoms with E-state index in [2.05, 4.69) is 55.6 Å². The van der Waals surface area contributed by atoms with Gasteiger partial charge in [0.2, 0.25) is 0 Å². The van der Waals surface area contributed by atoms with Crippen LogP contribution in [0.3, 0.4) is 0 Å². The Kier molecular flexibility index (Phi) is 5.02. The minimum Gasteiger partial charge on any atom is -0.313 e. The minimum absolute atomic E-state index is 0.960. The van der Waals surface area contributed by atoms with E-state index < -0.39 is 0 Å². The molecule has 14 heavy (non-hydrogen) atoms. The van der Waals surface area contributed by atoms with E-state index in [9.17, 15) is 0 Å². The van der Waals surface area contributed by atoms with Crippen LogP contribution in [0.1, 0.15) is 24.5 Å². The highest BCUT2D eigenvalue weighted by Gasteiger charge is 1.85. The van der Waals surface area contributed by atoms with Gasteiger partial charge < -0.3 is 5.32 Å². The molecule has 0 saturated carbocycles. The SMILES string of the molecule is CCCNCC=Cc1ccc(C)cc1. The summed E-state index contributed by atoms with van der Waals surface area (Å²) in [6.45, 7) is 6.34. The average Bonchev–Trinajstić information content (AvgIpc) is 2.21. The van der Waals surface area contributed by atoms with Gasteiger partial charge in [-0.2, -0.15) is 0 Å². The molecule has 0 unspecified atom stereocenters. The third kappa shape index (κ3) is 4.24. The number of hydrogen-bond acceptors (Lipinski definition) is 1. The molecule has 0 spiro atoms. The van der Waals surface area contributed by atoms with Crippen LogP contribution in [0.5, 0.6) is 0 Å². The van der Waals surface area contributed by atoms with Crippen molar-refractivity contribution in [2.75, 3.05) is 13.1 Å². The predicted octanol–water partition coefficient (Wildman–Crippen LogP) is 3.01. The van der Waals surface area contributed by atoms with Crippen molar-refractivity contribution < 1.29 is 0 Å². The molecule has 0 aromatic heterocycles. The molecule has 0 bridgehead atoms. The minimum atomic E-state index is 0.960. The van der Waals surface area contributed by atoms with Crippen LogP contribution in [-0.2, 0) is 0 Å². The zero-order chi connectivity index (χ0) is 10.2. The van der Waals surface area contributed by atoms with Gasteiger partial charge in [0.1, 0.15) is 0 Å². The lowest BCUT2D eigenvalue weighted by Crippen LogP contribution is -2.13. The summed E-state index contributed by atoms with van der Waals surface area (Å²) in [4.78, 5) is 0. The normalized spacial score (nSPS) is 11.0. The fourth-order valence-corrected chi connectivity index (χ4v) is 1.23. The molecule has 0 aliphatic carbocycles. The van der Waals surface area contributed by atoms with E-state index in [-0.39, 0.29) is 0 Å².